The summed E-state index contributed by atoms with van der Waals surface area (Å²) in [5, 5.41) is 3.02. The number of nitrogens with zero attached hydrogens (tertiary/aromatic N) is 2. The highest BCUT2D eigenvalue weighted by molar-refractivity contribution is 5.98. The van der Waals surface area contributed by atoms with E-state index >= 15 is 0 Å². The van der Waals surface area contributed by atoms with Crippen molar-refractivity contribution in [1.82, 2.24) is 15.1 Å². The van der Waals surface area contributed by atoms with E-state index in [-0.39, 0.29) is 30.4 Å². The molecule has 0 bridgehead atoms. The average molecular weight is 478 g/mol. The molecule has 2 atom stereocenters. The number of nitrogens with one attached hydrogen (secondary N) is 1. The molecule has 2 aromatic rings. The van der Waals surface area contributed by atoms with Crippen LogP contribution in [-0.2, 0) is 20.7 Å². The Morgan fingerprint density at radius 2 is 1.80 bits per heavy atom. The summed E-state index contributed by atoms with van der Waals surface area (Å²) in [4.78, 5) is 43.4. The van der Waals surface area contributed by atoms with Gasteiger partial charge in [-0.1, -0.05) is 55.0 Å². The van der Waals surface area contributed by atoms with Crippen molar-refractivity contribution < 1.29 is 19.1 Å². The van der Waals surface area contributed by atoms with Crippen molar-refractivity contribution in [3.63, 3.8) is 0 Å². The molecule has 0 aromatic heterocycles. The molecule has 4 rings (SSSR count). The Bertz CT molecular complexity index is 1060. The quantitative estimate of drug-likeness (QED) is 0.692. The van der Waals surface area contributed by atoms with Crippen molar-refractivity contribution >= 4 is 17.7 Å². The SMILES string of the molecule is CC[C@@H](C)NC(=O)[C@@H]1COC2(CCN(C(=O)Cc3ccccc3)CC2)N1C(=O)c1cccc(C)c1. The van der Waals surface area contributed by atoms with Crippen LogP contribution in [0.25, 0.3) is 0 Å². The summed E-state index contributed by atoms with van der Waals surface area (Å²) in [7, 11) is 0. The predicted octanol–water partition coefficient (Wildman–Crippen LogP) is 3.31. The third-order valence-electron chi connectivity index (χ3n) is 7.14. The highest BCUT2D eigenvalue weighted by Gasteiger charge is 2.54. The normalized spacial score (nSPS) is 20.0. The number of carbonyl (C=O) groups excluding carboxylic acids is 3. The van der Waals surface area contributed by atoms with Gasteiger partial charge in [-0.25, -0.2) is 0 Å². The second kappa shape index (κ2) is 10.6. The molecule has 0 radical (unpaired) electrons. The molecule has 35 heavy (non-hydrogen) atoms. The molecule has 0 unspecified atom stereocenters. The van der Waals surface area contributed by atoms with Crippen LogP contribution in [0.1, 0.15) is 54.6 Å². The fourth-order valence-corrected chi connectivity index (χ4v) is 4.91. The van der Waals surface area contributed by atoms with E-state index in [1.165, 1.54) is 0 Å². The first-order valence-electron chi connectivity index (χ1n) is 12.5. The largest absolute Gasteiger partial charge is 0.353 e. The summed E-state index contributed by atoms with van der Waals surface area (Å²) in [6.07, 6.45) is 2.09. The minimum Gasteiger partial charge on any atom is -0.353 e. The number of ether oxygens (including phenoxy) is 1. The van der Waals surface area contributed by atoms with Crippen molar-refractivity contribution in [2.45, 2.75) is 64.3 Å². The minimum absolute atomic E-state index is 0.00688. The van der Waals surface area contributed by atoms with Crippen molar-refractivity contribution in [3.05, 3.63) is 71.3 Å². The van der Waals surface area contributed by atoms with Crippen LogP contribution in [0.3, 0.4) is 0 Å². The Labute approximate surface area is 207 Å². The lowest BCUT2D eigenvalue weighted by atomic mass is 9.95. The summed E-state index contributed by atoms with van der Waals surface area (Å²) >= 11 is 0. The van der Waals surface area contributed by atoms with Crippen LogP contribution in [0.4, 0.5) is 0 Å². The zero-order valence-electron chi connectivity index (χ0n) is 20.8. The molecule has 1 N–H and O–H groups in total. The van der Waals surface area contributed by atoms with Gasteiger partial charge < -0.3 is 15.0 Å². The molecule has 2 heterocycles. The first kappa shape index (κ1) is 24.9. The Kier molecular flexibility index (Phi) is 7.55. The summed E-state index contributed by atoms with van der Waals surface area (Å²) < 4.78 is 6.27. The smallest absolute Gasteiger partial charge is 0.256 e. The first-order chi connectivity index (χ1) is 16.8. The monoisotopic (exact) mass is 477 g/mol. The first-order valence-corrected chi connectivity index (χ1v) is 12.5. The molecule has 2 aromatic carbocycles. The Hall–Kier alpha value is -3.19. The fourth-order valence-electron chi connectivity index (χ4n) is 4.91. The molecule has 2 aliphatic heterocycles. The van der Waals surface area contributed by atoms with Crippen LogP contribution in [0.15, 0.2) is 54.6 Å². The van der Waals surface area contributed by atoms with Gasteiger partial charge in [-0.15, -0.1) is 0 Å². The highest BCUT2D eigenvalue weighted by atomic mass is 16.5. The van der Waals surface area contributed by atoms with Gasteiger partial charge in [-0.2, -0.15) is 0 Å². The Morgan fingerprint density at radius 3 is 2.46 bits per heavy atom. The van der Waals surface area contributed by atoms with Gasteiger partial charge in [0, 0.05) is 37.5 Å². The van der Waals surface area contributed by atoms with Gasteiger partial charge in [0.15, 0.2) is 0 Å². The van der Waals surface area contributed by atoms with Gasteiger partial charge in [-0.3, -0.25) is 19.3 Å². The van der Waals surface area contributed by atoms with Gasteiger partial charge in [0.05, 0.1) is 13.0 Å². The predicted molar refractivity (Wildman–Crippen MR) is 134 cm³/mol. The summed E-state index contributed by atoms with van der Waals surface area (Å²) in [5.74, 6) is -0.342. The standard InChI is InChI=1S/C28H35N3O4/c1-4-21(3)29-26(33)24-19-35-28(31(24)27(34)23-12-8-9-20(2)17-23)13-15-30(16-14-28)25(32)18-22-10-6-5-7-11-22/h5-12,17,21,24H,4,13-16,18-19H2,1-3H3,(H,29,33)/t21-,24+/m1/s1. The molecule has 2 saturated heterocycles. The van der Waals surface area contributed by atoms with E-state index in [1.807, 2.05) is 74.2 Å². The number of rotatable bonds is 6. The topological polar surface area (TPSA) is 79.0 Å². The number of hydrogen-bond acceptors (Lipinski definition) is 4. The lowest BCUT2D eigenvalue weighted by Crippen LogP contribution is -2.60. The molecule has 7 heteroatoms. The number of likely N-dealkylation sites (tertiary alicyclic amines) is 1. The molecule has 7 nitrogen and oxygen atoms in total. The molecule has 0 aliphatic carbocycles. The maximum Gasteiger partial charge on any atom is 0.256 e. The van der Waals surface area contributed by atoms with E-state index in [0.717, 1.165) is 17.5 Å². The summed E-state index contributed by atoms with van der Waals surface area (Å²) in [6, 6.07) is 16.4. The highest BCUT2D eigenvalue weighted by Crippen LogP contribution is 2.38. The Balaban J connectivity index is 1.54. The van der Waals surface area contributed by atoms with Crippen molar-refractivity contribution in [2.75, 3.05) is 19.7 Å². The van der Waals surface area contributed by atoms with E-state index < -0.39 is 11.8 Å². The zero-order valence-corrected chi connectivity index (χ0v) is 20.8. The third-order valence-corrected chi connectivity index (χ3v) is 7.14. The maximum absolute atomic E-state index is 13.8. The molecule has 2 fully saturated rings. The number of aryl methyl sites for hydroxylation is 1. The number of amides is 3. The third kappa shape index (κ3) is 5.40. The van der Waals surface area contributed by atoms with Crippen LogP contribution >= 0.6 is 0 Å². The van der Waals surface area contributed by atoms with Gasteiger partial charge in [0.2, 0.25) is 11.8 Å². The minimum atomic E-state index is -0.901. The number of benzene rings is 2. The van der Waals surface area contributed by atoms with Crippen LogP contribution < -0.4 is 5.32 Å². The zero-order chi connectivity index (χ0) is 25.0. The van der Waals surface area contributed by atoms with Crippen LogP contribution in [0, 0.1) is 6.92 Å². The van der Waals surface area contributed by atoms with E-state index in [2.05, 4.69) is 5.32 Å². The average Bonchev–Trinajstić information content (AvgIpc) is 3.23. The lowest BCUT2D eigenvalue weighted by Gasteiger charge is -2.44. The van der Waals surface area contributed by atoms with Crippen molar-refractivity contribution in [2.24, 2.45) is 0 Å². The molecule has 0 saturated carbocycles. The number of carbonyl (C=O) groups is 3. The van der Waals surface area contributed by atoms with Crippen molar-refractivity contribution in [3.8, 4) is 0 Å². The fraction of sp³-hybridized carbons (Fsp3) is 0.464. The van der Waals surface area contributed by atoms with E-state index in [9.17, 15) is 14.4 Å². The molecule has 186 valence electrons. The molecular weight excluding hydrogens is 442 g/mol. The van der Waals surface area contributed by atoms with Gasteiger partial charge >= 0.3 is 0 Å². The van der Waals surface area contributed by atoms with E-state index in [0.29, 0.717) is 37.9 Å². The molecule has 1 spiro atoms. The van der Waals surface area contributed by atoms with Crippen LogP contribution in [-0.4, -0.2) is 65.0 Å². The molecule has 3 amide bonds. The Morgan fingerprint density at radius 1 is 1.09 bits per heavy atom. The second-order valence-corrected chi connectivity index (χ2v) is 9.68. The van der Waals surface area contributed by atoms with E-state index in [1.54, 1.807) is 11.0 Å². The number of hydrogen-bond donors (Lipinski definition) is 1. The summed E-state index contributed by atoms with van der Waals surface area (Å²) in [6.45, 7) is 7.00. The van der Waals surface area contributed by atoms with Gasteiger partial charge in [0.25, 0.3) is 5.91 Å². The lowest BCUT2D eigenvalue weighted by molar-refractivity contribution is -0.143. The van der Waals surface area contributed by atoms with E-state index in [4.69, 9.17) is 4.74 Å². The van der Waals surface area contributed by atoms with Gasteiger partial charge in [-0.05, 0) is 38.0 Å². The molecule has 2 aliphatic rings. The number of piperidine rings is 1. The van der Waals surface area contributed by atoms with Crippen LogP contribution in [0.5, 0.6) is 0 Å². The summed E-state index contributed by atoms with van der Waals surface area (Å²) in [5.41, 5.74) is 1.60. The van der Waals surface area contributed by atoms with Crippen LogP contribution in [0.2, 0.25) is 0 Å². The maximum atomic E-state index is 13.8. The second-order valence-electron chi connectivity index (χ2n) is 9.68. The van der Waals surface area contributed by atoms with Crippen molar-refractivity contribution in [1.29, 1.82) is 0 Å². The van der Waals surface area contributed by atoms with Gasteiger partial charge in [0.1, 0.15) is 11.8 Å². The molecular formula is C28H35N3O4.